The molecule has 1 aliphatic heterocycles. The number of allylic oxidation sites excluding steroid dienone is 1. The second kappa shape index (κ2) is 6.58. The monoisotopic (exact) mass is 334 g/mol. The summed E-state index contributed by atoms with van der Waals surface area (Å²) in [5.74, 6) is 0.224. The van der Waals surface area contributed by atoms with Gasteiger partial charge >= 0.3 is 0 Å². The third-order valence-electron chi connectivity index (χ3n) is 5.25. The fraction of sp³-hybridized carbons (Fsp3) is 0.318. The molecule has 1 unspecified atom stereocenters. The van der Waals surface area contributed by atoms with Gasteiger partial charge in [0.2, 0.25) is 0 Å². The molecular formula is C22H22O3. The molecule has 1 atom stereocenters. The van der Waals surface area contributed by atoms with E-state index in [0.717, 1.165) is 35.1 Å². The molecule has 1 heterocycles. The predicted octanol–water partition coefficient (Wildman–Crippen LogP) is 4.44. The number of rotatable bonds is 3. The average Bonchev–Trinajstić information content (AvgIpc) is 3.28. The van der Waals surface area contributed by atoms with Gasteiger partial charge in [0.15, 0.2) is 12.1 Å². The molecule has 1 saturated carbocycles. The van der Waals surface area contributed by atoms with Gasteiger partial charge in [-0.2, -0.15) is 0 Å². The number of hydrogen-bond acceptors (Lipinski definition) is 3. The van der Waals surface area contributed by atoms with Gasteiger partial charge in [-0.15, -0.1) is 0 Å². The van der Waals surface area contributed by atoms with Gasteiger partial charge in [-0.1, -0.05) is 48.5 Å². The maximum absolute atomic E-state index is 13.1. The van der Waals surface area contributed by atoms with Crippen molar-refractivity contribution in [2.24, 2.45) is 0 Å². The van der Waals surface area contributed by atoms with Crippen LogP contribution in [-0.4, -0.2) is 19.0 Å². The number of Topliss-reactive ketones (excluding diaryl/α,β-unsaturated/α-hetero) is 1. The first-order valence-electron chi connectivity index (χ1n) is 8.81. The first-order chi connectivity index (χ1) is 12.2. The number of carbonyl (C=O) groups excluding carboxylic acids is 1. The summed E-state index contributed by atoms with van der Waals surface area (Å²) in [7, 11) is 0. The summed E-state index contributed by atoms with van der Waals surface area (Å²) in [4.78, 5) is 13.1. The van der Waals surface area contributed by atoms with Gasteiger partial charge in [0, 0.05) is 5.56 Å². The molecule has 0 spiro atoms. The maximum atomic E-state index is 13.1. The Hall–Kier alpha value is -2.23. The molecule has 0 N–H and O–H groups in total. The van der Waals surface area contributed by atoms with Crippen LogP contribution in [0.4, 0.5) is 0 Å². The number of hydrogen-bond donors (Lipinski definition) is 0. The topological polar surface area (TPSA) is 35.5 Å². The fourth-order valence-corrected chi connectivity index (χ4v) is 3.71. The summed E-state index contributed by atoms with van der Waals surface area (Å²) in [6.45, 7) is 3.29. The summed E-state index contributed by atoms with van der Waals surface area (Å²) < 4.78 is 11.2. The van der Waals surface area contributed by atoms with Crippen LogP contribution in [0.5, 0.6) is 0 Å². The highest BCUT2D eigenvalue weighted by atomic mass is 16.7. The molecule has 1 saturated heterocycles. The molecule has 3 nitrogen and oxygen atoms in total. The third kappa shape index (κ3) is 3.06. The zero-order valence-electron chi connectivity index (χ0n) is 14.4. The predicted molar refractivity (Wildman–Crippen MR) is 97.1 cm³/mol. The number of ether oxygens (including phenoxy) is 2. The minimum absolute atomic E-state index is 0.224. The summed E-state index contributed by atoms with van der Waals surface area (Å²) in [5, 5.41) is 0. The molecule has 0 aromatic heterocycles. The van der Waals surface area contributed by atoms with Crippen LogP contribution in [-0.2, 0) is 19.7 Å². The summed E-state index contributed by atoms with van der Waals surface area (Å²) in [6, 6.07) is 18.2. The molecule has 2 aliphatic rings. The summed E-state index contributed by atoms with van der Waals surface area (Å²) in [6.07, 6.45) is 3.37. The second-order valence-corrected chi connectivity index (χ2v) is 6.94. The molecule has 0 amide bonds. The van der Waals surface area contributed by atoms with E-state index in [0.29, 0.717) is 13.2 Å². The Morgan fingerprint density at radius 1 is 1.04 bits per heavy atom. The van der Waals surface area contributed by atoms with E-state index >= 15 is 0 Å². The van der Waals surface area contributed by atoms with Gasteiger partial charge in [-0.05, 0) is 48.6 Å². The van der Waals surface area contributed by atoms with Gasteiger partial charge < -0.3 is 9.47 Å². The highest BCUT2D eigenvalue weighted by Crippen LogP contribution is 2.42. The van der Waals surface area contributed by atoms with Crippen molar-refractivity contribution in [3.05, 3.63) is 76.9 Å². The van der Waals surface area contributed by atoms with Crippen molar-refractivity contribution in [1.82, 2.24) is 0 Å². The standard InChI is InChI=1S/C22H22O3/c1-22(19-9-5-8-18(15-19)21-24-12-13-25-21)11-10-17(20(22)23)14-16-6-3-2-4-7-16/h2-9,14-15,21H,10-13H2,1H3. The highest BCUT2D eigenvalue weighted by molar-refractivity contribution is 6.08. The molecule has 0 bridgehead atoms. The van der Waals surface area contributed by atoms with E-state index in [4.69, 9.17) is 9.47 Å². The van der Waals surface area contributed by atoms with Crippen molar-refractivity contribution in [2.45, 2.75) is 31.5 Å². The Morgan fingerprint density at radius 3 is 2.56 bits per heavy atom. The van der Waals surface area contributed by atoms with Crippen LogP contribution in [0.2, 0.25) is 0 Å². The van der Waals surface area contributed by atoms with E-state index in [1.807, 2.05) is 54.6 Å². The van der Waals surface area contributed by atoms with Gasteiger partial charge in [0.25, 0.3) is 0 Å². The largest absolute Gasteiger partial charge is 0.346 e. The fourth-order valence-electron chi connectivity index (χ4n) is 3.71. The maximum Gasteiger partial charge on any atom is 0.184 e. The SMILES string of the molecule is CC1(c2cccc(C3OCCO3)c2)CCC(=Cc2ccccc2)C1=O. The van der Waals surface area contributed by atoms with Crippen molar-refractivity contribution < 1.29 is 14.3 Å². The van der Waals surface area contributed by atoms with Crippen molar-refractivity contribution >= 4 is 11.9 Å². The van der Waals surface area contributed by atoms with Gasteiger partial charge in [0.1, 0.15) is 0 Å². The molecule has 3 heteroatoms. The lowest BCUT2D eigenvalue weighted by atomic mass is 9.79. The molecule has 25 heavy (non-hydrogen) atoms. The number of ketones is 1. The first-order valence-corrected chi connectivity index (χ1v) is 8.81. The van der Waals surface area contributed by atoms with Crippen molar-refractivity contribution in [3.63, 3.8) is 0 Å². The van der Waals surface area contributed by atoms with E-state index in [1.165, 1.54) is 0 Å². The van der Waals surface area contributed by atoms with Gasteiger partial charge in [0.05, 0.1) is 18.6 Å². The summed E-state index contributed by atoms with van der Waals surface area (Å²) in [5.41, 5.74) is 3.55. The Labute approximate surface area is 148 Å². The minimum Gasteiger partial charge on any atom is -0.346 e. The minimum atomic E-state index is -0.477. The average molecular weight is 334 g/mol. The third-order valence-corrected chi connectivity index (χ3v) is 5.25. The molecule has 0 radical (unpaired) electrons. The van der Waals surface area contributed by atoms with E-state index in [2.05, 4.69) is 13.0 Å². The van der Waals surface area contributed by atoms with Crippen molar-refractivity contribution in [1.29, 1.82) is 0 Å². The summed E-state index contributed by atoms with van der Waals surface area (Å²) >= 11 is 0. The molecule has 2 fully saturated rings. The molecule has 128 valence electrons. The van der Waals surface area contributed by atoms with Crippen LogP contribution in [0.15, 0.2) is 60.2 Å². The number of carbonyl (C=O) groups is 1. The molecule has 2 aromatic rings. The second-order valence-electron chi connectivity index (χ2n) is 6.94. The van der Waals surface area contributed by atoms with Crippen LogP contribution >= 0.6 is 0 Å². The van der Waals surface area contributed by atoms with Gasteiger partial charge in [-0.25, -0.2) is 0 Å². The zero-order chi connectivity index (χ0) is 17.3. The molecule has 1 aliphatic carbocycles. The van der Waals surface area contributed by atoms with E-state index in [9.17, 15) is 4.79 Å². The lowest BCUT2D eigenvalue weighted by molar-refractivity contribution is -0.118. The van der Waals surface area contributed by atoms with Crippen LogP contribution in [0, 0.1) is 0 Å². The van der Waals surface area contributed by atoms with Crippen LogP contribution in [0.25, 0.3) is 6.08 Å². The molecular weight excluding hydrogens is 312 g/mol. The number of benzene rings is 2. The van der Waals surface area contributed by atoms with Crippen molar-refractivity contribution in [2.75, 3.05) is 13.2 Å². The zero-order valence-corrected chi connectivity index (χ0v) is 14.4. The molecule has 4 rings (SSSR count). The first kappa shape index (κ1) is 16.2. The quantitative estimate of drug-likeness (QED) is 0.779. The Balaban J connectivity index is 1.63. The van der Waals surface area contributed by atoms with E-state index in [-0.39, 0.29) is 12.1 Å². The Morgan fingerprint density at radius 2 is 1.80 bits per heavy atom. The molecule has 2 aromatic carbocycles. The van der Waals surface area contributed by atoms with Crippen LogP contribution in [0.1, 0.15) is 42.7 Å². The Bertz CT molecular complexity index is 803. The lowest BCUT2D eigenvalue weighted by Gasteiger charge is -2.23. The van der Waals surface area contributed by atoms with E-state index < -0.39 is 5.41 Å². The van der Waals surface area contributed by atoms with E-state index in [1.54, 1.807) is 0 Å². The van der Waals surface area contributed by atoms with Crippen LogP contribution in [0.3, 0.4) is 0 Å². The van der Waals surface area contributed by atoms with Gasteiger partial charge in [-0.3, -0.25) is 4.79 Å². The smallest absolute Gasteiger partial charge is 0.184 e. The van der Waals surface area contributed by atoms with Crippen molar-refractivity contribution in [3.8, 4) is 0 Å². The highest BCUT2D eigenvalue weighted by Gasteiger charge is 2.42. The Kier molecular flexibility index (Phi) is 4.28. The van der Waals surface area contributed by atoms with Crippen LogP contribution < -0.4 is 0 Å². The normalized spacial score (nSPS) is 25.8. The lowest BCUT2D eigenvalue weighted by Crippen LogP contribution is -2.27.